The molecule has 4 aromatic rings. The van der Waals surface area contributed by atoms with Gasteiger partial charge in [-0.1, -0.05) is 0 Å². The quantitative estimate of drug-likeness (QED) is 0.513. The van der Waals surface area contributed by atoms with Gasteiger partial charge in [0.25, 0.3) is 0 Å². The van der Waals surface area contributed by atoms with Gasteiger partial charge in [0.15, 0.2) is 0 Å². The molecule has 6 heteroatoms. The van der Waals surface area contributed by atoms with Gasteiger partial charge in [0.2, 0.25) is 5.88 Å². The van der Waals surface area contributed by atoms with Gasteiger partial charge in [-0.2, -0.15) is 5.26 Å². The average molecular weight is 358 g/mol. The van der Waals surface area contributed by atoms with Crippen molar-refractivity contribution in [3.05, 3.63) is 65.2 Å². The number of pyridine rings is 1. The molecule has 26 heavy (non-hydrogen) atoms. The molecular weight excluding hydrogens is 344 g/mol. The average Bonchev–Trinajstić information content (AvgIpc) is 3.12. The molecule has 126 valence electrons. The Morgan fingerprint density at radius 3 is 2.62 bits per heavy atom. The maximum absolute atomic E-state index is 9.63. The number of thiophene rings is 1. The lowest BCUT2D eigenvalue weighted by Gasteiger charge is -2.12. The number of benzene rings is 1. The van der Waals surface area contributed by atoms with E-state index in [2.05, 4.69) is 21.0 Å². The first-order valence-corrected chi connectivity index (χ1v) is 8.88. The van der Waals surface area contributed by atoms with Gasteiger partial charge in [-0.3, -0.25) is 0 Å². The normalized spacial score (nSPS) is 10.7. The highest BCUT2D eigenvalue weighted by atomic mass is 32.1. The molecule has 4 rings (SSSR count). The molecule has 3 aromatic heterocycles. The molecule has 0 saturated carbocycles. The number of ether oxygens (including phenoxy) is 1. The standard InChI is InChI=1S/C20H14N4OS/c1-12-18(13(2)24-11-23-12)17-4-3-16(9-15(17)10-21)25-20-19-14(5-7-22-20)6-8-26-19/h3-9,11H,1-2H3. The van der Waals surface area contributed by atoms with Crippen LogP contribution in [0.15, 0.2) is 48.2 Å². The highest BCUT2D eigenvalue weighted by Crippen LogP contribution is 2.34. The number of hydrogen-bond donors (Lipinski definition) is 0. The summed E-state index contributed by atoms with van der Waals surface area (Å²) in [5.41, 5.74) is 3.88. The van der Waals surface area contributed by atoms with E-state index in [1.54, 1.807) is 23.6 Å². The SMILES string of the molecule is Cc1ncnc(C)c1-c1ccc(Oc2nccc3ccsc23)cc1C#N. The Morgan fingerprint density at radius 2 is 1.85 bits per heavy atom. The van der Waals surface area contributed by atoms with Crippen molar-refractivity contribution in [2.75, 3.05) is 0 Å². The van der Waals surface area contributed by atoms with Gasteiger partial charge in [0.1, 0.15) is 12.1 Å². The Bertz CT molecular complexity index is 1140. The molecule has 0 fully saturated rings. The zero-order chi connectivity index (χ0) is 18.1. The molecule has 1 aromatic carbocycles. The van der Waals surface area contributed by atoms with E-state index in [4.69, 9.17) is 4.74 Å². The monoisotopic (exact) mass is 358 g/mol. The zero-order valence-electron chi connectivity index (χ0n) is 14.2. The second kappa shape index (κ2) is 6.54. The van der Waals surface area contributed by atoms with E-state index in [9.17, 15) is 5.26 Å². The Kier molecular flexibility index (Phi) is 4.07. The molecule has 0 spiro atoms. The van der Waals surface area contributed by atoms with Crippen LogP contribution in [0.2, 0.25) is 0 Å². The van der Waals surface area contributed by atoms with Gasteiger partial charge >= 0.3 is 0 Å². The third-order valence-electron chi connectivity index (χ3n) is 4.16. The second-order valence-electron chi connectivity index (χ2n) is 5.80. The molecule has 0 radical (unpaired) electrons. The van der Waals surface area contributed by atoms with E-state index in [0.29, 0.717) is 17.2 Å². The zero-order valence-corrected chi connectivity index (χ0v) is 15.0. The molecule has 0 aliphatic heterocycles. The molecule has 0 bridgehead atoms. The van der Waals surface area contributed by atoms with Crippen LogP contribution in [0.5, 0.6) is 11.6 Å². The Labute approximate surface area is 154 Å². The number of hydrogen-bond acceptors (Lipinski definition) is 6. The number of nitrogens with zero attached hydrogens (tertiary/aromatic N) is 4. The van der Waals surface area contributed by atoms with E-state index in [1.165, 1.54) is 6.33 Å². The van der Waals surface area contributed by atoms with E-state index >= 15 is 0 Å². The molecule has 3 heterocycles. The van der Waals surface area contributed by atoms with Gasteiger partial charge in [0, 0.05) is 28.7 Å². The first-order valence-electron chi connectivity index (χ1n) is 8.00. The maximum Gasteiger partial charge on any atom is 0.237 e. The van der Waals surface area contributed by atoms with Gasteiger partial charge < -0.3 is 4.74 Å². The van der Waals surface area contributed by atoms with Crippen molar-refractivity contribution in [2.45, 2.75) is 13.8 Å². The maximum atomic E-state index is 9.63. The Hall–Kier alpha value is -3.30. The predicted octanol–water partition coefficient (Wildman–Crippen LogP) is 5.03. The molecule has 0 amide bonds. The molecule has 0 unspecified atom stereocenters. The summed E-state index contributed by atoms with van der Waals surface area (Å²) in [5, 5.41) is 12.7. The summed E-state index contributed by atoms with van der Waals surface area (Å²) in [6.45, 7) is 3.83. The largest absolute Gasteiger partial charge is 0.438 e. The van der Waals surface area contributed by atoms with Gasteiger partial charge in [0.05, 0.1) is 16.3 Å². The fourth-order valence-electron chi connectivity index (χ4n) is 2.93. The van der Waals surface area contributed by atoms with Crippen LogP contribution in [0.1, 0.15) is 17.0 Å². The van der Waals surface area contributed by atoms with Crippen molar-refractivity contribution in [1.29, 1.82) is 5.26 Å². The minimum atomic E-state index is 0.516. The Morgan fingerprint density at radius 1 is 1.04 bits per heavy atom. The molecule has 0 saturated heterocycles. The lowest BCUT2D eigenvalue weighted by atomic mass is 9.98. The van der Waals surface area contributed by atoms with Crippen LogP contribution >= 0.6 is 11.3 Å². The fourth-order valence-corrected chi connectivity index (χ4v) is 3.75. The van der Waals surface area contributed by atoms with Crippen molar-refractivity contribution in [3.8, 4) is 28.8 Å². The van der Waals surface area contributed by atoms with Crippen molar-refractivity contribution >= 4 is 21.4 Å². The van der Waals surface area contributed by atoms with Gasteiger partial charge in [-0.15, -0.1) is 11.3 Å². The van der Waals surface area contributed by atoms with Crippen LogP contribution in [0.3, 0.4) is 0 Å². The first kappa shape index (κ1) is 16.2. The van der Waals surface area contributed by atoms with E-state index < -0.39 is 0 Å². The predicted molar refractivity (Wildman–Crippen MR) is 101 cm³/mol. The highest BCUT2D eigenvalue weighted by molar-refractivity contribution is 7.17. The fraction of sp³-hybridized carbons (Fsp3) is 0.100. The Balaban J connectivity index is 1.77. The molecule has 0 N–H and O–H groups in total. The van der Waals surface area contributed by atoms with Crippen molar-refractivity contribution in [1.82, 2.24) is 15.0 Å². The van der Waals surface area contributed by atoms with Crippen LogP contribution in [0.25, 0.3) is 21.2 Å². The summed E-state index contributed by atoms with van der Waals surface area (Å²) in [4.78, 5) is 12.8. The van der Waals surface area contributed by atoms with Gasteiger partial charge in [-0.05, 0) is 54.9 Å². The second-order valence-corrected chi connectivity index (χ2v) is 6.71. The lowest BCUT2D eigenvalue weighted by Crippen LogP contribution is -1.97. The summed E-state index contributed by atoms with van der Waals surface area (Å²) in [5.74, 6) is 1.12. The number of fused-ring (bicyclic) bond motifs is 1. The summed E-state index contributed by atoms with van der Waals surface area (Å²) < 4.78 is 6.95. The molecule has 5 nitrogen and oxygen atoms in total. The van der Waals surface area contributed by atoms with E-state index in [1.807, 2.05) is 43.5 Å². The van der Waals surface area contributed by atoms with E-state index in [-0.39, 0.29) is 0 Å². The van der Waals surface area contributed by atoms with Gasteiger partial charge in [-0.25, -0.2) is 15.0 Å². The number of rotatable bonds is 3. The molecule has 0 aliphatic rings. The minimum Gasteiger partial charge on any atom is -0.438 e. The molecular formula is C20H14N4OS. The topological polar surface area (TPSA) is 71.7 Å². The highest BCUT2D eigenvalue weighted by Gasteiger charge is 2.14. The summed E-state index contributed by atoms with van der Waals surface area (Å²) in [7, 11) is 0. The minimum absolute atomic E-state index is 0.516. The van der Waals surface area contributed by atoms with Crippen LogP contribution in [-0.2, 0) is 0 Å². The number of aromatic nitrogens is 3. The smallest absolute Gasteiger partial charge is 0.237 e. The molecule has 0 aliphatic carbocycles. The summed E-state index contributed by atoms with van der Waals surface area (Å²) >= 11 is 1.58. The van der Waals surface area contributed by atoms with Crippen LogP contribution < -0.4 is 4.74 Å². The summed E-state index contributed by atoms with van der Waals surface area (Å²) in [6, 6.07) is 11.7. The lowest BCUT2D eigenvalue weighted by molar-refractivity contribution is 0.470. The number of aryl methyl sites for hydroxylation is 2. The van der Waals surface area contributed by atoms with Crippen LogP contribution in [-0.4, -0.2) is 15.0 Å². The van der Waals surface area contributed by atoms with E-state index in [0.717, 1.165) is 32.6 Å². The van der Waals surface area contributed by atoms with Crippen molar-refractivity contribution < 1.29 is 4.74 Å². The van der Waals surface area contributed by atoms with Crippen molar-refractivity contribution in [3.63, 3.8) is 0 Å². The summed E-state index contributed by atoms with van der Waals surface area (Å²) in [6.07, 6.45) is 3.25. The third kappa shape index (κ3) is 2.79. The number of nitriles is 1. The molecule has 0 atom stereocenters. The van der Waals surface area contributed by atoms with Crippen LogP contribution in [0, 0.1) is 25.2 Å². The first-order chi connectivity index (χ1) is 12.7. The third-order valence-corrected chi connectivity index (χ3v) is 5.08. The van der Waals surface area contributed by atoms with Crippen molar-refractivity contribution in [2.24, 2.45) is 0 Å². The van der Waals surface area contributed by atoms with Crippen LogP contribution in [0.4, 0.5) is 0 Å².